The SMILES string of the molecule is C=C1C(C)C2CCC(C)C3=C2C(C(=C)CC3)C1C=C(C)C. The first-order chi connectivity index (χ1) is 9.91. The maximum absolute atomic E-state index is 4.51. The van der Waals surface area contributed by atoms with Crippen molar-refractivity contribution in [2.24, 2.45) is 29.6 Å². The molecule has 1 saturated carbocycles. The summed E-state index contributed by atoms with van der Waals surface area (Å²) in [6.45, 7) is 18.3. The summed E-state index contributed by atoms with van der Waals surface area (Å²) in [6, 6.07) is 0. The van der Waals surface area contributed by atoms with Crippen LogP contribution in [-0.2, 0) is 0 Å². The summed E-state index contributed by atoms with van der Waals surface area (Å²) in [7, 11) is 0. The Bertz CT molecular complexity index is 538. The molecular weight excluding hydrogens is 252 g/mol. The predicted octanol–water partition coefficient (Wildman–Crippen LogP) is 6.08. The second-order valence-corrected chi connectivity index (χ2v) is 7.83. The zero-order valence-electron chi connectivity index (χ0n) is 14.2. The molecule has 3 aliphatic rings. The van der Waals surface area contributed by atoms with E-state index < -0.39 is 0 Å². The average Bonchev–Trinajstić information content (AvgIpc) is 2.43. The van der Waals surface area contributed by atoms with Gasteiger partial charge < -0.3 is 0 Å². The highest BCUT2D eigenvalue weighted by atomic mass is 14.5. The largest absolute Gasteiger partial charge is 0.0992 e. The lowest BCUT2D eigenvalue weighted by Crippen LogP contribution is -2.40. The van der Waals surface area contributed by atoms with Gasteiger partial charge in [-0.1, -0.05) is 60.9 Å². The Balaban J connectivity index is 2.15. The lowest BCUT2D eigenvalue weighted by molar-refractivity contribution is 0.258. The normalized spacial score (nSPS) is 39.1. The van der Waals surface area contributed by atoms with E-state index in [1.165, 1.54) is 42.4 Å². The Morgan fingerprint density at radius 3 is 2.48 bits per heavy atom. The molecule has 3 rings (SSSR count). The smallest absolute Gasteiger partial charge is 0.0110 e. The molecule has 0 aromatic rings. The minimum atomic E-state index is 0.490. The van der Waals surface area contributed by atoms with Gasteiger partial charge in [-0.15, -0.1) is 0 Å². The van der Waals surface area contributed by atoms with Gasteiger partial charge in [0, 0.05) is 11.8 Å². The van der Waals surface area contributed by atoms with E-state index in [4.69, 9.17) is 0 Å². The number of rotatable bonds is 1. The van der Waals surface area contributed by atoms with Crippen LogP contribution in [0, 0.1) is 29.6 Å². The molecule has 0 radical (unpaired) electrons. The molecule has 0 bridgehead atoms. The molecule has 1 fully saturated rings. The standard InChI is InChI=1S/C21H30/c1-12(2)11-19-16(6)15(5)18-10-7-13(3)17-9-8-14(4)20(19)21(17)18/h11,13,15,18-20H,4,6-10H2,1-3,5H3. The Morgan fingerprint density at radius 2 is 1.81 bits per heavy atom. The van der Waals surface area contributed by atoms with Crippen LogP contribution >= 0.6 is 0 Å². The molecule has 0 aromatic heterocycles. The van der Waals surface area contributed by atoms with Gasteiger partial charge in [0.25, 0.3) is 0 Å². The molecule has 0 N–H and O–H groups in total. The third-order valence-electron chi connectivity index (χ3n) is 6.25. The van der Waals surface area contributed by atoms with Crippen LogP contribution in [0.5, 0.6) is 0 Å². The summed E-state index contributed by atoms with van der Waals surface area (Å²) < 4.78 is 0. The van der Waals surface area contributed by atoms with Crippen molar-refractivity contribution in [3.8, 4) is 0 Å². The van der Waals surface area contributed by atoms with Gasteiger partial charge in [-0.3, -0.25) is 0 Å². The van der Waals surface area contributed by atoms with Crippen LogP contribution < -0.4 is 0 Å². The fraction of sp³-hybridized carbons (Fsp3) is 0.619. The van der Waals surface area contributed by atoms with E-state index in [-0.39, 0.29) is 0 Å². The highest BCUT2D eigenvalue weighted by Crippen LogP contribution is 2.57. The molecule has 5 unspecified atom stereocenters. The number of hydrogen-bond donors (Lipinski definition) is 0. The van der Waals surface area contributed by atoms with Crippen molar-refractivity contribution in [1.82, 2.24) is 0 Å². The maximum atomic E-state index is 4.51. The minimum Gasteiger partial charge on any atom is -0.0992 e. The van der Waals surface area contributed by atoms with E-state index in [0.717, 1.165) is 11.8 Å². The summed E-state index contributed by atoms with van der Waals surface area (Å²) in [5.41, 5.74) is 7.90. The highest BCUT2D eigenvalue weighted by Gasteiger charge is 2.46. The van der Waals surface area contributed by atoms with Crippen molar-refractivity contribution >= 4 is 0 Å². The van der Waals surface area contributed by atoms with E-state index in [1.54, 1.807) is 11.1 Å². The second-order valence-electron chi connectivity index (χ2n) is 7.83. The molecule has 114 valence electrons. The van der Waals surface area contributed by atoms with Crippen LogP contribution in [0.3, 0.4) is 0 Å². The van der Waals surface area contributed by atoms with E-state index in [1.807, 2.05) is 0 Å². The zero-order valence-corrected chi connectivity index (χ0v) is 14.2. The molecule has 0 saturated heterocycles. The summed E-state index contributed by atoms with van der Waals surface area (Å²) in [5.74, 6) is 3.21. The van der Waals surface area contributed by atoms with Crippen molar-refractivity contribution in [3.63, 3.8) is 0 Å². The number of hydrogen-bond acceptors (Lipinski definition) is 0. The average molecular weight is 282 g/mol. The third-order valence-corrected chi connectivity index (χ3v) is 6.25. The van der Waals surface area contributed by atoms with Crippen LogP contribution in [-0.4, -0.2) is 0 Å². The summed E-state index contributed by atoms with van der Waals surface area (Å²) in [5, 5.41) is 0. The molecule has 0 nitrogen and oxygen atoms in total. The van der Waals surface area contributed by atoms with Crippen molar-refractivity contribution in [2.45, 2.75) is 53.4 Å². The van der Waals surface area contributed by atoms with Crippen LogP contribution in [0.4, 0.5) is 0 Å². The fourth-order valence-electron chi connectivity index (χ4n) is 5.08. The van der Waals surface area contributed by atoms with Gasteiger partial charge in [-0.25, -0.2) is 0 Å². The molecule has 0 aromatic carbocycles. The van der Waals surface area contributed by atoms with Gasteiger partial charge in [0.05, 0.1) is 0 Å². The molecule has 0 spiro atoms. The lowest BCUT2D eigenvalue weighted by Gasteiger charge is -2.51. The van der Waals surface area contributed by atoms with Gasteiger partial charge in [-0.2, -0.15) is 0 Å². The maximum Gasteiger partial charge on any atom is 0.0110 e. The number of allylic oxidation sites excluding steroid dienone is 6. The Kier molecular flexibility index (Phi) is 3.76. The van der Waals surface area contributed by atoms with Gasteiger partial charge in [0.2, 0.25) is 0 Å². The first-order valence-corrected chi connectivity index (χ1v) is 8.66. The van der Waals surface area contributed by atoms with Crippen molar-refractivity contribution in [3.05, 3.63) is 47.1 Å². The molecule has 21 heavy (non-hydrogen) atoms. The van der Waals surface area contributed by atoms with Crippen molar-refractivity contribution < 1.29 is 0 Å². The summed E-state index contributed by atoms with van der Waals surface area (Å²) in [4.78, 5) is 0. The molecule has 3 aliphatic carbocycles. The quantitative estimate of drug-likeness (QED) is 0.511. The highest BCUT2D eigenvalue weighted by molar-refractivity contribution is 5.43. The topological polar surface area (TPSA) is 0 Å². The van der Waals surface area contributed by atoms with Crippen molar-refractivity contribution in [2.75, 3.05) is 0 Å². The summed E-state index contributed by atoms with van der Waals surface area (Å²) >= 11 is 0. The van der Waals surface area contributed by atoms with E-state index >= 15 is 0 Å². The van der Waals surface area contributed by atoms with Crippen LogP contribution in [0.15, 0.2) is 47.1 Å². The summed E-state index contributed by atoms with van der Waals surface area (Å²) in [6.07, 6.45) is 7.64. The van der Waals surface area contributed by atoms with E-state index in [9.17, 15) is 0 Å². The van der Waals surface area contributed by atoms with Crippen LogP contribution in [0.1, 0.15) is 53.4 Å². The monoisotopic (exact) mass is 282 g/mol. The Morgan fingerprint density at radius 1 is 1.10 bits per heavy atom. The van der Waals surface area contributed by atoms with Gasteiger partial charge in [-0.05, 0) is 57.3 Å². The molecule has 0 heteroatoms. The van der Waals surface area contributed by atoms with E-state index in [2.05, 4.69) is 46.9 Å². The van der Waals surface area contributed by atoms with Crippen molar-refractivity contribution in [1.29, 1.82) is 0 Å². The van der Waals surface area contributed by atoms with Gasteiger partial charge in [0.1, 0.15) is 0 Å². The predicted molar refractivity (Wildman–Crippen MR) is 92.0 cm³/mol. The van der Waals surface area contributed by atoms with E-state index in [0.29, 0.717) is 17.8 Å². The zero-order chi connectivity index (χ0) is 15.3. The Hall–Kier alpha value is -1.04. The second kappa shape index (κ2) is 5.30. The third kappa shape index (κ3) is 2.28. The molecule has 0 amide bonds. The first kappa shape index (κ1) is 14.9. The lowest BCUT2D eigenvalue weighted by atomic mass is 9.54. The van der Waals surface area contributed by atoms with Gasteiger partial charge in [0.15, 0.2) is 0 Å². The van der Waals surface area contributed by atoms with Gasteiger partial charge >= 0.3 is 0 Å². The minimum absolute atomic E-state index is 0.490. The molecular formula is C21H30. The Labute approximate surface area is 130 Å². The van der Waals surface area contributed by atoms with Crippen LogP contribution in [0.25, 0.3) is 0 Å². The fourth-order valence-corrected chi connectivity index (χ4v) is 5.08. The first-order valence-electron chi connectivity index (χ1n) is 8.66. The molecule has 0 heterocycles. The molecule has 0 aliphatic heterocycles. The molecule has 5 atom stereocenters. The van der Waals surface area contributed by atoms with Crippen LogP contribution in [0.2, 0.25) is 0 Å².